The topological polar surface area (TPSA) is 178 Å². The van der Waals surface area contributed by atoms with E-state index in [1.807, 2.05) is 59.8 Å². The second-order valence-corrected chi connectivity index (χ2v) is 20.2. The molecule has 1 saturated heterocycles. The summed E-state index contributed by atoms with van der Waals surface area (Å²) in [5.41, 5.74) is -2.22. The van der Waals surface area contributed by atoms with Gasteiger partial charge in [-0.2, -0.15) is 13.2 Å². The van der Waals surface area contributed by atoms with E-state index in [9.17, 15) is 47.7 Å². The minimum absolute atomic E-state index is 0. The van der Waals surface area contributed by atoms with Gasteiger partial charge in [-0.1, -0.05) is 71.8 Å². The number of esters is 1. The number of aliphatic carboxylic acids is 2. The SMILES string of the molecule is CC(C)=CCCC1(C)C=Cc2c(O)c3c(c(CC=C(C)C)c2O1)OC12C(=CCCC1C(C)(C)OC2(CC=C(C)C(=O)O)C(=O)O)C3=O.CC(Cc1cccc(C(F)(F)F)c1)NCCOC(=O)c1ccccc1.Cl. The summed E-state index contributed by atoms with van der Waals surface area (Å²) in [7, 11) is 0. The minimum atomic E-state index is -4.34. The van der Waals surface area contributed by atoms with E-state index in [1.54, 1.807) is 56.3 Å². The highest BCUT2D eigenvalue weighted by molar-refractivity contribution is 6.17. The standard InChI is InChI=1S/C38H46O9.C19H20F3NO2.ClH/c1-21(2)11-10-18-36(8)19-17-24-29(39)28-30(40)26-12-9-13-27-35(6,7)47-37(34(43)44,20-16-23(5)33(41)42)38(26,27)46-32(28)25(31(24)45-36)15-14-22(3)4;1-14(12-15-6-5-9-17(13-15)19(20,21)22)23-10-11-25-18(24)16-7-3-2-4-8-16;/h11-12,14,16-17,19,27,39H,9-10,13,15,18,20H2,1-8H3,(H,41,42)(H,43,44);2-9,13-14,23H,10-12H2,1H3;1H. The molecule has 1 fully saturated rings. The van der Waals surface area contributed by atoms with Crippen molar-refractivity contribution >= 4 is 42.2 Å². The van der Waals surface area contributed by atoms with Crippen LogP contribution in [0.2, 0.25) is 0 Å². The van der Waals surface area contributed by atoms with Gasteiger partial charge in [0.15, 0.2) is 11.4 Å². The highest BCUT2D eigenvalue weighted by atomic mass is 35.5. The lowest BCUT2D eigenvalue weighted by Gasteiger charge is -2.50. The first-order valence-electron chi connectivity index (χ1n) is 24.2. The molecule has 4 N–H and O–H groups in total. The molecular formula is C57H67ClF3NO11. The van der Waals surface area contributed by atoms with E-state index in [4.69, 9.17) is 18.9 Å². The number of ketones is 1. The molecule has 3 aromatic carbocycles. The molecule has 3 aliphatic heterocycles. The Labute approximate surface area is 431 Å². The number of nitrogens with one attached hydrogen (secondary N) is 1. The second-order valence-electron chi connectivity index (χ2n) is 20.2. The molecule has 4 aliphatic rings. The third-order valence-electron chi connectivity index (χ3n) is 13.7. The van der Waals surface area contributed by atoms with Crippen molar-refractivity contribution in [2.45, 2.75) is 142 Å². The number of carboxylic acids is 2. The number of phenols is 1. The molecule has 0 saturated carbocycles. The number of alkyl halides is 3. The molecule has 0 aromatic heterocycles. The van der Waals surface area contributed by atoms with Crippen molar-refractivity contribution in [3.63, 3.8) is 0 Å². The monoisotopic (exact) mass is 1030 g/mol. The number of allylic oxidation sites excluding steroid dienone is 5. The molecule has 5 unspecified atom stereocenters. The molecular weight excluding hydrogens is 967 g/mol. The Hall–Kier alpha value is -6.16. The molecule has 1 spiro atoms. The van der Waals surface area contributed by atoms with E-state index >= 15 is 0 Å². The maximum atomic E-state index is 14.7. The van der Waals surface area contributed by atoms with Gasteiger partial charge in [0.2, 0.25) is 5.60 Å². The molecule has 0 radical (unpaired) electrons. The molecule has 0 bridgehead atoms. The third kappa shape index (κ3) is 12.3. The van der Waals surface area contributed by atoms with E-state index in [1.165, 1.54) is 24.6 Å². The van der Waals surface area contributed by atoms with Crippen molar-refractivity contribution in [1.29, 1.82) is 0 Å². The Bertz CT molecular complexity index is 2730. The number of carbonyl (C=O) groups excluding carboxylic acids is 2. The number of benzene rings is 3. The number of Topliss-reactive ketones (excluding diaryl/α,β-unsaturated/α-hetero) is 1. The van der Waals surface area contributed by atoms with Crippen LogP contribution in [0.3, 0.4) is 0 Å². The quantitative estimate of drug-likeness (QED) is 0.0463. The summed E-state index contributed by atoms with van der Waals surface area (Å²) >= 11 is 0. The third-order valence-corrected chi connectivity index (χ3v) is 13.7. The van der Waals surface area contributed by atoms with E-state index in [0.29, 0.717) is 66.7 Å². The first-order valence-corrected chi connectivity index (χ1v) is 24.2. The van der Waals surface area contributed by atoms with Crippen LogP contribution in [0, 0.1) is 5.92 Å². The number of carboxylic acid groups (broad SMARTS) is 2. The number of hydrogen-bond acceptors (Lipinski definition) is 10. The molecule has 12 nitrogen and oxygen atoms in total. The Morgan fingerprint density at radius 3 is 2.25 bits per heavy atom. The van der Waals surface area contributed by atoms with Crippen LogP contribution in [0.25, 0.3) is 6.08 Å². The molecule has 73 heavy (non-hydrogen) atoms. The van der Waals surface area contributed by atoms with Gasteiger partial charge in [0.1, 0.15) is 35.0 Å². The van der Waals surface area contributed by atoms with E-state index in [0.717, 1.165) is 24.1 Å². The number of rotatable bonds is 16. The smallest absolute Gasteiger partial charge is 0.416 e. The highest BCUT2D eigenvalue weighted by Crippen LogP contribution is 2.64. The Kier molecular flexibility index (Phi) is 18.1. The Morgan fingerprint density at radius 1 is 0.932 bits per heavy atom. The minimum Gasteiger partial charge on any atom is -0.506 e. The lowest BCUT2D eigenvalue weighted by atomic mass is 9.60. The lowest BCUT2D eigenvalue weighted by Crippen LogP contribution is -2.66. The van der Waals surface area contributed by atoms with Crippen molar-refractivity contribution in [1.82, 2.24) is 5.32 Å². The summed E-state index contributed by atoms with van der Waals surface area (Å²) in [5, 5.41) is 35.5. The van der Waals surface area contributed by atoms with Crippen LogP contribution < -0.4 is 14.8 Å². The zero-order valence-electron chi connectivity index (χ0n) is 42.8. The number of fused-ring (bicyclic) bond motifs is 2. The van der Waals surface area contributed by atoms with Crippen LogP contribution in [-0.4, -0.2) is 80.6 Å². The summed E-state index contributed by atoms with van der Waals surface area (Å²) in [6.07, 6.45) is 9.24. The van der Waals surface area contributed by atoms with Crippen molar-refractivity contribution in [2.24, 2.45) is 5.92 Å². The fourth-order valence-electron chi connectivity index (χ4n) is 10.1. The maximum absolute atomic E-state index is 14.7. The van der Waals surface area contributed by atoms with E-state index in [-0.39, 0.29) is 59.7 Å². The Balaban J connectivity index is 0.000000321. The van der Waals surface area contributed by atoms with Crippen molar-refractivity contribution in [2.75, 3.05) is 13.2 Å². The van der Waals surface area contributed by atoms with Gasteiger partial charge in [-0.3, -0.25) is 4.79 Å². The van der Waals surface area contributed by atoms with Crippen LogP contribution in [-0.2, 0) is 38.1 Å². The van der Waals surface area contributed by atoms with Crippen LogP contribution >= 0.6 is 12.4 Å². The molecule has 5 atom stereocenters. The van der Waals surface area contributed by atoms with Crippen LogP contribution in [0.4, 0.5) is 13.2 Å². The van der Waals surface area contributed by atoms with Gasteiger partial charge in [-0.25, -0.2) is 14.4 Å². The number of hydrogen-bond donors (Lipinski definition) is 4. The number of aromatic hydroxyl groups is 1. The fraction of sp³-hybridized carbons (Fsp3) is 0.439. The predicted octanol–water partition coefficient (Wildman–Crippen LogP) is 12.0. The second kappa shape index (κ2) is 22.9. The summed E-state index contributed by atoms with van der Waals surface area (Å²) in [6.45, 7) is 17.4. The average Bonchev–Trinajstić information content (AvgIpc) is 3.51. The molecule has 16 heteroatoms. The van der Waals surface area contributed by atoms with E-state index in [2.05, 4.69) is 11.4 Å². The number of ether oxygens (including phenoxy) is 4. The molecule has 1 aliphatic carbocycles. The fourth-order valence-corrected chi connectivity index (χ4v) is 10.1. The van der Waals surface area contributed by atoms with Crippen molar-refractivity contribution in [3.05, 3.63) is 141 Å². The number of phenolic OH excluding ortho intramolecular Hbond substituents is 1. The van der Waals surface area contributed by atoms with Crippen LogP contribution in [0.15, 0.2) is 107 Å². The van der Waals surface area contributed by atoms with Gasteiger partial charge in [-0.15, -0.1) is 12.4 Å². The Morgan fingerprint density at radius 2 is 1.62 bits per heavy atom. The van der Waals surface area contributed by atoms with Gasteiger partial charge in [-0.05, 0) is 137 Å². The highest BCUT2D eigenvalue weighted by Gasteiger charge is 2.77. The molecule has 3 aromatic rings. The molecule has 0 amide bonds. The van der Waals surface area contributed by atoms with Crippen molar-refractivity contribution in [3.8, 4) is 17.2 Å². The van der Waals surface area contributed by atoms with Gasteiger partial charge in [0.05, 0.1) is 22.3 Å². The largest absolute Gasteiger partial charge is 0.506 e. The molecule has 7 rings (SSSR count). The number of carbonyl (C=O) groups is 4. The van der Waals surface area contributed by atoms with Gasteiger partial charge in [0.25, 0.3) is 0 Å². The molecule has 3 heterocycles. The van der Waals surface area contributed by atoms with Crippen molar-refractivity contribution < 1.29 is 66.6 Å². The van der Waals surface area contributed by atoms with Gasteiger partial charge < -0.3 is 39.6 Å². The van der Waals surface area contributed by atoms with Gasteiger partial charge in [0, 0.05) is 41.6 Å². The predicted molar refractivity (Wildman–Crippen MR) is 275 cm³/mol. The van der Waals surface area contributed by atoms with E-state index < -0.39 is 63.8 Å². The maximum Gasteiger partial charge on any atom is 0.416 e. The first kappa shape index (κ1) is 57.7. The van der Waals surface area contributed by atoms with Crippen LogP contribution in [0.5, 0.6) is 17.2 Å². The molecule has 394 valence electrons. The summed E-state index contributed by atoms with van der Waals surface area (Å²) in [4.78, 5) is 51.8. The van der Waals surface area contributed by atoms with Gasteiger partial charge >= 0.3 is 24.1 Å². The number of halogens is 4. The summed E-state index contributed by atoms with van der Waals surface area (Å²) in [6, 6.07) is 13.9. The zero-order valence-corrected chi connectivity index (χ0v) is 43.6. The normalized spacial score (nSPS) is 22.6. The summed E-state index contributed by atoms with van der Waals surface area (Å²) < 4.78 is 63.5. The zero-order chi connectivity index (χ0) is 53.0. The average molecular weight is 1030 g/mol. The summed E-state index contributed by atoms with van der Waals surface area (Å²) in [5.74, 6) is -3.93. The lowest BCUT2D eigenvalue weighted by molar-refractivity contribution is -0.184. The first-order chi connectivity index (χ1) is 33.8. The van der Waals surface area contributed by atoms with Crippen LogP contribution in [0.1, 0.15) is 137 Å².